The molecule has 1 unspecified atom stereocenters. The largest absolute Gasteiger partial charge is 0.300 e. The molecule has 1 saturated carbocycles. The monoisotopic (exact) mass is 257 g/mol. The van der Waals surface area contributed by atoms with Crippen molar-refractivity contribution in [1.29, 1.82) is 0 Å². The number of nitrogens with zero attached hydrogens (tertiary/aromatic N) is 1. The molecule has 1 aliphatic heterocycles. The van der Waals surface area contributed by atoms with Crippen molar-refractivity contribution in [2.75, 3.05) is 13.1 Å². The molecule has 102 valence electrons. The molecule has 3 atom stereocenters. The van der Waals surface area contributed by atoms with Crippen molar-refractivity contribution in [3.05, 3.63) is 35.9 Å². The first kappa shape index (κ1) is 12.9. The van der Waals surface area contributed by atoms with Crippen LogP contribution in [0.3, 0.4) is 0 Å². The van der Waals surface area contributed by atoms with Gasteiger partial charge >= 0.3 is 0 Å². The Morgan fingerprint density at radius 2 is 1.84 bits per heavy atom. The standard InChI is InChI=1S/C17H23NO/c1-13-7-15-8-17(19)9-16(15)12-18(10-13)11-14-5-3-2-4-6-14/h2-6,13,15-16H,7-12H2,1H3/t13-,15?,16-/m0/s1. The Hall–Kier alpha value is -1.15. The first-order chi connectivity index (χ1) is 9.20. The average Bonchev–Trinajstić information content (AvgIpc) is 2.63. The van der Waals surface area contributed by atoms with Crippen LogP contribution < -0.4 is 0 Å². The molecule has 2 nitrogen and oxygen atoms in total. The van der Waals surface area contributed by atoms with E-state index in [0.717, 1.165) is 25.9 Å². The molecule has 1 saturated heterocycles. The Bertz CT molecular complexity index is 442. The van der Waals surface area contributed by atoms with Gasteiger partial charge in [0.25, 0.3) is 0 Å². The topological polar surface area (TPSA) is 20.3 Å². The zero-order chi connectivity index (χ0) is 13.2. The maximum absolute atomic E-state index is 11.7. The molecule has 1 heterocycles. The summed E-state index contributed by atoms with van der Waals surface area (Å²) in [6.45, 7) is 5.65. The van der Waals surface area contributed by atoms with Crippen LogP contribution in [0.25, 0.3) is 0 Å². The highest BCUT2D eigenvalue weighted by molar-refractivity contribution is 5.81. The average molecular weight is 257 g/mol. The lowest BCUT2D eigenvalue weighted by Crippen LogP contribution is -2.30. The molecule has 0 radical (unpaired) electrons. The summed E-state index contributed by atoms with van der Waals surface area (Å²) in [4.78, 5) is 14.2. The molecule has 0 bridgehead atoms. The number of carbonyl (C=O) groups is 1. The number of benzene rings is 1. The summed E-state index contributed by atoms with van der Waals surface area (Å²) in [7, 11) is 0. The predicted molar refractivity (Wildman–Crippen MR) is 76.7 cm³/mol. The molecule has 1 aliphatic carbocycles. The van der Waals surface area contributed by atoms with Crippen molar-refractivity contribution in [3.8, 4) is 0 Å². The Morgan fingerprint density at radius 3 is 2.63 bits per heavy atom. The van der Waals surface area contributed by atoms with Crippen molar-refractivity contribution >= 4 is 5.78 Å². The number of hydrogen-bond donors (Lipinski definition) is 0. The molecule has 2 aliphatic rings. The van der Waals surface area contributed by atoms with E-state index in [4.69, 9.17) is 0 Å². The van der Waals surface area contributed by atoms with Gasteiger partial charge in [-0.3, -0.25) is 9.69 Å². The van der Waals surface area contributed by atoms with Crippen LogP contribution in [-0.2, 0) is 11.3 Å². The number of hydrogen-bond acceptors (Lipinski definition) is 2. The third-order valence-electron chi connectivity index (χ3n) is 4.66. The first-order valence-corrected chi connectivity index (χ1v) is 7.48. The summed E-state index contributed by atoms with van der Waals surface area (Å²) in [5.41, 5.74) is 1.39. The minimum Gasteiger partial charge on any atom is -0.300 e. The highest BCUT2D eigenvalue weighted by atomic mass is 16.1. The van der Waals surface area contributed by atoms with Crippen LogP contribution in [0.1, 0.15) is 31.7 Å². The quantitative estimate of drug-likeness (QED) is 0.811. The molecular weight excluding hydrogens is 234 g/mol. The van der Waals surface area contributed by atoms with Crippen LogP contribution in [-0.4, -0.2) is 23.8 Å². The molecule has 19 heavy (non-hydrogen) atoms. The molecule has 1 aromatic carbocycles. The molecule has 3 rings (SSSR count). The van der Waals surface area contributed by atoms with Crippen LogP contribution in [0.15, 0.2) is 30.3 Å². The minimum absolute atomic E-state index is 0.490. The van der Waals surface area contributed by atoms with E-state index in [1.807, 2.05) is 0 Å². The van der Waals surface area contributed by atoms with Gasteiger partial charge in [-0.15, -0.1) is 0 Å². The van der Waals surface area contributed by atoms with E-state index in [-0.39, 0.29) is 0 Å². The summed E-state index contributed by atoms with van der Waals surface area (Å²) >= 11 is 0. The molecule has 0 N–H and O–H groups in total. The maximum atomic E-state index is 11.7. The summed E-state index contributed by atoms with van der Waals surface area (Å²) in [5, 5.41) is 0. The van der Waals surface area contributed by atoms with E-state index in [1.165, 1.54) is 18.5 Å². The molecular formula is C17H23NO. The summed E-state index contributed by atoms with van der Waals surface area (Å²) < 4.78 is 0. The van der Waals surface area contributed by atoms with Crippen molar-refractivity contribution < 1.29 is 4.79 Å². The number of rotatable bonds is 2. The van der Waals surface area contributed by atoms with E-state index in [9.17, 15) is 4.79 Å². The third-order valence-corrected chi connectivity index (χ3v) is 4.66. The van der Waals surface area contributed by atoms with Gasteiger partial charge in [-0.25, -0.2) is 0 Å². The lowest BCUT2D eigenvalue weighted by Gasteiger charge is -2.24. The highest BCUT2D eigenvalue weighted by Gasteiger charge is 2.37. The zero-order valence-corrected chi connectivity index (χ0v) is 11.7. The molecule has 0 spiro atoms. The van der Waals surface area contributed by atoms with Gasteiger partial charge in [0.15, 0.2) is 0 Å². The van der Waals surface area contributed by atoms with E-state index < -0.39 is 0 Å². The number of likely N-dealkylation sites (tertiary alicyclic amines) is 1. The Kier molecular flexibility index (Phi) is 3.69. The van der Waals surface area contributed by atoms with Crippen LogP contribution in [0.4, 0.5) is 0 Å². The molecule has 0 aromatic heterocycles. The fourth-order valence-electron chi connectivity index (χ4n) is 3.90. The summed E-state index contributed by atoms with van der Waals surface area (Å²) in [6, 6.07) is 10.7. The Morgan fingerprint density at radius 1 is 1.11 bits per heavy atom. The van der Waals surface area contributed by atoms with Gasteiger partial charge in [0.05, 0.1) is 0 Å². The van der Waals surface area contributed by atoms with Crippen LogP contribution in [0, 0.1) is 17.8 Å². The lowest BCUT2D eigenvalue weighted by atomic mass is 9.89. The number of ketones is 1. The van der Waals surface area contributed by atoms with Crippen LogP contribution in [0.5, 0.6) is 0 Å². The van der Waals surface area contributed by atoms with Crippen molar-refractivity contribution in [2.45, 2.75) is 32.7 Å². The fraction of sp³-hybridized carbons (Fsp3) is 0.588. The van der Waals surface area contributed by atoms with Gasteiger partial charge < -0.3 is 0 Å². The van der Waals surface area contributed by atoms with Crippen LogP contribution >= 0.6 is 0 Å². The number of Topliss-reactive ketones (excluding diaryl/α,β-unsaturated/α-hetero) is 1. The molecule has 2 heteroatoms. The normalized spacial score (nSPS) is 32.1. The summed E-state index contributed by atoms with van der Waals surface area (Å²) in [6.07, 6.45) is 2.90. The molecule has 2 fully saturated rings. The SMILES string of the molecule is C[C@H]1CC2CC(=O)C[C@H]2CN(Cc2ccccc2)C1. The molecule has 0 amide bonds. The van der Waals surface area contributed by atoms with Crippen molar-refractivity contribution in [3.63, 3.8) is 0 Å². The van der Waals surface area contributed by atoms with Gasteiger partial charge in [-0.05, 0) is 29.7 Å². The zero-order valence-electron chi connectivity index (χ0n) is 11.7. The minimum atomic E-state index is 0.490. The van der Waals surface area contributed by atoms with E-state index in [0.29, 0.717) is 23.5 Å². The fourth-order valence-corrected chi connectivity index (χ4v) is 3.90. The second-order valence-corrected chi connectivity index (χ2v) is 6.49. The van der Waals surface area contributed by atoms with Gasteiger partial charge in [0, 0.05) is 32.5 Å². The van der Waals surface area contributed by atoms with Gasteiger partial charge in [-0.2, -0.15) is 0 Å². The molecule has 1 aromatic rings. The van der Waals surface area contributed by atoms with Crippen molar-refractivity contribution in [1.82, 2.24) is 4.90 Å². The van der Waals surface area contributed by atoms with Gasteiger partial charge in [-0.1, -0.05) is 37.3 Å². The second-order valence-electron chi connectivity index (χ2n) is 6.49. The summed E-state index contributed by atoms with van der Waals surface area (Å²) in [5.74, 6) is 2.47. The highest BCUT2D eigenvalue weighted by Crippen LogP contribution is 2.37. The first-order valence-electron chi connectivity index (χ1n) is 7.48. The lowest BCUT2D eigenvalue weighted by molar-refractivity contribution is -0.117. The van der Waals surface area contributed by atoms with E-state index >= 15 is 0 Å². The second kappa shape index (κ2) is 5.46. The number of fused-ring (bicyclic) bond motifs is 1. The predicted octanol–water partition coefficient (Wildman–Crippen LogP) is 3.12. The maximum Gasteiger partial charge on any atom is 0.133 e. The van der Waals surface area contributed by atoms with E-state index in [2.05, 4.69) is 42.2 Å². The van der Waals surface area contributed by atoms with Crippen LogP contribution in [0.2, 0.25) is 0 Å². The van der Waals surface area contributed by atoms with Gasteiger partial charge in [0.1, 0.15) is 5.78 Å². The van der Waals surface area contributed by atoms with Gasteiger partial charge in [0.2, 0.25) is 0 Å². The van der Waals surface area contributed by atoms with Crippen molar-refractivity contribution in [2.24, 2.45) is 17.8 Å². The Balaban J connectivity index is 1.70. The third kappa shape index (κ3) is 3.06. The van der Waals surface area contributed by atoms with E-state index in [1.54, 1.807) is 0 Å². The Labute approximate surface area is 115 Å². The smallest absolute Gasteiger partial charge is 0.133 e. The number of carbonyl (C=O) groups excluding carboxylic acids is 1.